The molecule has 6 nitrogen and oxygen atoms in total. The van der Waals surface area contributed by atoms with Crippen molar-refractivity contribution in [2.45, 2.75) is 18.4 Å². The van der Waals surface area contributed by atoms with E-state index in [1.165, 1.54) is 0 Å². The summed E-state index contributed by atoms with van der Waals surface area (Å²) in [7, 11) is 2.11. The van der Waals surface area contributed by atoms with Crippen molar-refractivity contribution in [3.63, 3.8) is 0 Å². The first kappa shape index (κ1) is 15.7. The zero-order chi connectivity index (χ0) is 16.4. The monoisotopic (exact) mass is 314 g/mol. The van der Waals surface area contributed by atoms with E-state index in [0.717, 1.165) is 32.0 Å². The largest absolute Gasteiger partial charge is 0.480 e. The van der Waals surface area contributed by atoms with Gasteiger partial charge >= 0.3 is 5.97 Å². The summed E-state index contributed by atoms with van der Waals surface area (Å²) in [5.74, 6) is 0.00478. The average Bonchev–Trinajstić information content (AvgIpc) is 2.56. The van der Waals surface area contributed by atoms with E-state index in [1.807, 2.05) is 13.0 Å². The Morgan fingerprint density at radius 2 is 1.91 bits per heavy atom. The fraction of sp³-hybridized carbons (Fsp3) is 0.471. The lowest BCUT2D eigenvalue weighted by molar-refractivity contribution is -0.142. The topological polar surface area (TPSA) is 69.0 Å². The number of aliphatic imine (C=N–C) groups is 1. The number of piperazine rings is 1. The minimum atomic E-state index is -1.13. The van der Waals surface area contributed by atoms with Crippen molar-refractivity contribution in [2.75, 3.05) is 33.2 Å². The van der Waals surface area contributed by atoms with Crippen LogP contribution < -0.4 is 0 Å². The normalized spacial score (nSPS) is 28.5. The summed E-state index contributed by atoms with van der Waals surface area (Å²) < 4.78 is 0. The number of likely N-dealkylation sites (N-methyl/N-ethyl adjacent to an activating group) is 1. The Balaban J connectivity index is 1.90. The van der Waals surface area contributed by atoms with Crippen molar-refractivity contribution in [3.8, 4) is 0 Å². The van der Waals surface area contributed by atoms with Crippen molar-refractivity contribution in [1.82, 2.24) is 14.8 Å². The van der Waals surface area contributed by atoms with Gasteiger partial charge in [-0.15, -0.1) is 0 Å². The van der Waals surface area contributed by atoms with Crippen LogP contribution >= 0.6 is 0 Å². The molecule has 0 amide bonds. The second kappa shape index (κ2) is 6.12. The van der Waals surface area contributed by atoms with Crippen molar-refractivity contribution in [1.29, 1.82) is 0 Å². The molecule has 2 aliphatic rings. The summed E-state index contributed by atoms with van der Waals surface area (Å²) in [6.07, 6.45) is 6.90. The van der Waals surface area contributed by atoms with Gasteiger partial charge in [-0.05, 0) is 37.7 Å². The van der Waals surface area contributed by atoms with Crippen molar-refractivity contribution in [2.24, 2.45) is 4.99 Å². The first-order valence-electron chi connectivity index (χ1n) is 7.88. The van der Waals surface area contributed by atoms with E-state index in [4.69, 9.17) is 4.99 Å². The van der Waals surface area contributed by atoms with Gasteiger partial charge in [0.2, 0.25) is 0 Å². The highest BCUT2D eigenvalue weighted by Crippen LogP contribution is 2.34. The molecule has 0 aliphatic carbocycles. The Labute approximate surface area is 136 Å². The van der Waals surface area contributed by atoms with E-state index in [-0.39, 0.29) is 6.04 Å². The van der Waals surface area contributed by atoms with Gasteiger partial charge in [0.15, 0.2) is 0 Å². The lowest BCUT2D eigenvalue weighted by atomic mass is 9.74. The maximum atomic E-state index is 12.1. The van der Waals surface area contributed by atoms with Gasteiger partial charge in [0.25, 0.3) is 0 Å². The summed E-state index contributed by atoms with van der Waals surface area (Å²) >= 11 is 0. The molecule has 1 aromatic heterocycles. The van der Waals surface area contributed by atoms with E-state index in [2.05, 4.69) is 21.8 Å². The molecular formula is C17H22N4O2. The molecule has 0 saturated carbocycles. The molecule has 122 valence electrons. The van der Waals surface area contributed by atoms with Crippen LogP contribution in [0.25, 0.3) is 0 Å². The molecule has 1 saturated heterocycles. The van der Waals surface area contributed by atoms with Crippen LogP contribution in [0.4, 0.5) is 0 Å². The number of pyridine rings is 1. The fourth-order valence-corrected chi connectivity index (χ4v) is 3.25. The molecule has 6 heteroatoms. The number of hydrogen-bond donors (Lipinski definition) is 1. The molecule has 23 heavy (non-hydrogen) atoms. The summed E-state index contributed by atoms with van der Waals surface area (Å²) in [6, 6.07) is 3.14. The molecule has 0 bridgehead atoms. The van der Waals surface area contributed by atoms with E-state index in [1.54, 1.807) is 30.6 Å². The number of aliphatic carboxylic acids is 1. The SMILES string of the molecule is CC1N=C(N2CCN(C)CC2)C=CC1(C(=O)O)c1ccncc1. The van der Waals surface area contributed by atoms with Gasteiger partial charge in [0.05, 0.1) is 6.04 Å². The number of rotatable bonds is 2. The van der Waals surface area contributed by atoms with Crippen molar-refractivity contribution in [3.05, 3.63) is 42.2 Å². The highest BCUT2D eigenvalue weighted by Gasteiger charge is 2.45. The van der Waals surface area contributed by atoms with E-state index >= 15 is 0 Å². The molecule has 3 heterocycles. The second-order valence-corrected chi connectivity index (χ2v) is 6.20. The van der Waals surface area contributed by atoms with Gasteiger partial charge in [0.1, 0.15) is 11.3 Å². The average molecular weight is 314 g/mol. The maximum absolute atomic E-state index is 12.1. The third kappa shape index (κ3) is 2.74. The molecular weight excluding hydrogens is 292 g/mol. The second-order valence-electron chi connectivity index (χ2n) is 6.20. The highest BCUT2D eigenvalue weighted by atomic mass is 16.4. The zero-order valence-corrected chi connectivity index (χ0v) is 13.5. The Kier molecular flexibility index (Phi) is 4.17. The van der Waals surface area contributed by atoms with Crippen molar-refractivity contribution < 1.29 is 9.90 Å². The molecule has 0 aromatic carbocycles. The number of carboxylic acid groups (broad SMARTS) is 1. The summed E-state index contributed by atoms with van der Waals surface area (Å²) in [5.41, 5.74) is -0.413. The number of carboxylic acids is 1. The van der Waals surface area contributed by atoms with Crippen LogP contribution in [0.2, 0.25) is 0 Å². The van der Waals surface area contributed by atoms with E-state index in [9.17, 15) is 9.90 Å². The number of dihydropyridines is 1. The van der Waals surface area contributed by atoms with Gasteiger partial charge in [0, 0.05) is 38.6 Å². The van der Waals surface area contributed by atoms with Crippen LogP contribution in [0.5, 0.6) is 0 Å². The molecule has 1 fully saturated rings. The lowest BCUT2D eigenvalue weighted by Crippen LogP contribution is -2.50. The summed E-state index contributed by atoms with van der Waals surface area (Å²) in [6.45, 7) is 5.70. The Hall–Kier alpha value is -2.21. The molecule has 1 aromatic rings. The first-order valence-corrected chi connectivity index (χ1v) is 7.88. The highest BCUT2D eigenvalue weighted by molar-refractivity contribution is 5.98. The smallest absolute Gasteiger partial charge is 0.320 e. The number of hydrogen-bond acceptors (Lipinski definition) is 5. The third-order valence-corrected chi connectivity index (χ3v) is 4.82. The number of amidine groups is 1. The minimum Gasteiger partial charge on any atom is -0.480 e. The van der Waals surface area contributed by atoms with Crippen LogP contribution in [-0.2, 0) is 10.2 Å². The van der Waals surface area contributed by atoms with Crippen LogP contribution in [0.3, 0.4) is 0 Å². The first-order chi connectivity index (χ1) is 11.0. The molecule has 2 unspecified atom stereocenters. The maximum Gasteiger partial charge on any atom is 0.320 e. The van der Waals surface area contributed by atoms with E-state index < -0.39 is 11.4 Å². The van der Waals surface area contributed by atoms with Crippen molar-refractivity contribution >= 4 is 11.8 Å². The third-order valence-electron chi connectivity index (χ3n) is 4.82. The van der Waals surface area contributed by atoms with Crippen LogP contribution in [0.15, 0.2) is 41.7 Å². The minimum absolute atomic E-state index is 0.373. The van der Waals surface area contributed by atoms with Gasteiger partial charge in [-0.25, -0.2) is 0 Å². The van der Waals surface area contributed by atoms with Gasteiger partial charge in [-0.3, -0.25) is 14.8 Å². The van der Waals surface area contributed by atoms with Crippen LogP contribution in [-0.4, -0.2) is 71.0 Å². The van der Waals surface area contributed by atoms with E-state index in [0.29, 0.717) is 5.56 Å². The standard InChI is InChI=1S/C17H22N4O2/c1-13-17(16(22)23,14-4-7-18-8-5-14)6-3-15(19-13)21-11-9-20(2)10-12-21/h3-8,13H,9-12H2,1-2H3,(H,22,23). The predicted molar refractivity (Wildman–Crippen MR) is 88.7 cm³/mol. The van der Waals surface area contributed by atoms with Crippen LogP contribution in [0.1, 0.15) is 12.5 Å². The lowest BCUT2D eigenvalue weighted by Gasteiger charge is -2.38. The van der Waals surface area contributed by atoms with Gasteiger partial charge in [-0.1, -0.05) is 6.08 Å². The van der Waals surface area contributed by atoms with Gasteiger partial charge < -0.3 is 14.9 Å². The van der Waals surface area contributed by atoms with Gasteiger partial charge in [-0.2, -0.15) is 0 Å². The number of nitrogens with zero attached hydrogens (tertiary/aromatic N) is 4. The summed E-state index contributed by atoms with van der Waals surface area (Å²) in [4.78, 5) is 25.3. The molecule has 1 N–H and O–H groups in total. The number of aromatic nitrogens is 1. The number of carbonyl (C=O) groups is 1. The summed E-state index contributed by atoms with van der Waals surface area (Å²) in [5, 5.41) is 9.88. The Bertz CT molecular complexity index is 635. The quantitative estimate of drug-likeness (QED) is 0.882. The molecule has 0 spiro atoms. The Morgan fingerprint density at radius 1 is 1.26 bits per heavy atom. The molecule has 2 aliphatic heterocycles. The predicted octanol–water partition coefficient (Wildman–Crippen LogP) is 1.01. The molecule has 0 radical (unpaired) electrons. The molecule has 2 atom stereocenters. The zero-order valence-electron chi connectivity index (χ0n) is 13.5. The fourth-order valence-electron chi connectivity index (χ4n) is 3.25. The van der Waals surface area contributed by atoms with Crippen LogP contribution in [0, 0.1) is 0 Å². The molecule has 3 rings (SSSR count). The Morgan fingerprint density at radius 3 is 2.48 bits per heavy atom.